The number of rotatable bonds is 5. The van der Waals surface area contributed by atoms with Gasteiger partial charge in [0.2, 0.25) is 0 Å². The Morgan fingerprint density at radius 3 is 2.86 bits per heavy atom. The van der Waals surface area contributed by atoms with Crippen molar-refractivity contribution in [2.45, 2.75) is 23.7 Å². The SMILES string of the molecule is CCOCc1nc(Cl)cc(Sc2nc(=O)c(=O)[nH]n2C)n1. The number of nitrogens with one attached hydrogen (secondary N) is 1. The molecule has 0 saturated carbocycles. The maximum atomic E-state index is 11.3. The number of aryl methyl sites for hydroxylation is 1. The molecule has 21 heavy (non-hydrogen) atoms. The molecule has 1 N–H and O–H groups in total. The molecule has 0 saturated heterocycles. The van der Waals surface area contributed by atoms with Gasteiger partial charge in [-0.25, -0.2) is 9.97 Å². The third-order valence-electron chi connectivity index (χ3n) is 2.30. The summed E-state index contributed by atoms with van der Waals surface area (Å²) in [6, 6.07) is 1.54. The van der Waals surface area contributed by atoms with Crippen molar-refractivity contribution < 1.29 is 4.74 Å². The molecule has 2 rings (SSSR count). The quantitative estimate of drug-likeness (QED) is 0.633. The van der Waals surface area contributed by atoms with Gasteiger partial charge in [0.1, 0.15) is 16.8 Å². The standard InChI is InChI=1S/C11H12ClN5O3S/c1-3-20-5-7-13-6(12)4-8(14-7)21-11-15-9(18)10(19)16-17(11)2/h4H,3,5H2,1-2H3,(H,16,19). The van der Waals surface area contributed by atoms with Gasteiger partial charge >= 0.3 is 11.1 Å². The van der Waals surface area contributed by atoms with E-state index in [1.54, 1.807) is 13.1 Å². The number of hydrogen-bond donors (Lipinski definition) is 1. The van der Waals surface area contributed by atoms with Crippen LogP contribution in [0.5, 0.6) is 0 Å². The van der Waals surface area contributed by atoms with Gasteiger partial charge in [0, 0.05) is 19.7 Å². The second kappa shape index (κ2) is 6.83. The van der Waals surface area contributed by atoms with E-state index in [4.69, 9.17) is 16.3 Å². The molecular weight excluding hydrogens is 318 g/mol. The molecule has 2 heterocycles. The second-order valence-corrected chi connectivity index (χ2v) is 5.26. The predicted octanol–water partition coefficient (Wildman–Crippen LogP) is 0.600. The van der Waals surface area contributed by atoms with E-state index >= 15 is 0 Å². The Bertz CT molecular complexity index is 760. The van der Waals surface area contributed by atoms with Crippen LogP contribution in [-0.4, -0.2) is 31.3 Å². The Morgan fingerprint density at radius 1 is 1.38 bits per heavy atom. The lowest BCUT2D eigenvalue weighted by molar-refractivity contribution is 0.128. The fourth-order valence-electron chi connectivity index (χ4n) is 1.40. The molecule has 0 unspecified atom stereocenters. The van der Waals surface area contributed by atoms with Gasteiger partial charge in [0.25, 0.3) is 0 Å². The van der Waals surface area contributed by atoms with E-state index in [0.29, 0.717) is 17.5 Å². The van der Waals surface area contributed by atoms with Crippen molar-refractivity contribution in [1.29, 1.82) is 0 Å². The van der Waals surface area contributed by atoms with Gasteiger partial charge in [0.05, 0.1) is 0 Å². The van der Waals surface area contributed by atoms with Crippen LogP contribution in [0.2, 0.25) is 5.15 Å². The van der Waals surface area contributed by atoms with Crippen LogP contribution in [0.4, 0.5) is 0 Å². The average molecular weight is 330 g/mol. The van der Waals surface area contributed by atoms with Crippen molar-refractivity contribution in [3.8, 4) is 0 Å². The molecule has 8 nitrogen and oxygen atoms in total. The van der Waals surface area contributed by atoms with E-state index in [0.717, 1.165) is 11.8 Å². The zero-order valence-corrected chi connectivity index (χ0v) is 12.9. The number of H-pyrrole nitrogens is 1. The normalized spacial score (nSPS) is 10.8. The molecule has 2 aromatic rings. The lowest BCUT2D eigenvalue weighted by atomic mass is 10.6. The summed E-state index contributed by atoms with van der Waals surface area (Å²) in [5.41, 5.74) is -1.63. The van der Waals surface area contributed by atoms with Crippen LogP contribution >= 0.6 is 23.4 Å². The van der Waals surface area contributed by atoms with Crippen LogP contribution in [0.1, 0.15) is 12.7 Å². The van der Waals surface area contributed by atoms with E-state index in [1.165, 1.54) is 4.68 Å². The maximum Gasteiger partial charge on any atom is 0.339 e. The molecule has 0 aliphatic carbocycles. The maximum absolute atomic E-state index is 11.3. The summed E-state index contributed by atoms with van der Waals surface area (Å²) in [7, 11) is 1.57. The van der Waals surface area contributed by atoms with E-state index in [-0.39, 0.29) is 16.9 Å². The van der Waals surface area contributed by atoms with E-state index in [9.17, 15) is 9.59 Å². The van der Waals surface area contributed by atoms with Crippen molar-refractivity contribution >= 4 is 23.4 Å². The van der Waals surface area contributed by atoms with Crippen molar-refractivity contribution in [2.75, 3.05) is 6.61 Å². The van der Waals surface area contributed by atoms with Gasteiger partial charge < -0.3 is 4.74 Å². The second-order valence-electron chi connectivity index (χ2n) is 3.88. The van der Waals surface area contributed by atoms with Crippen molar-refractivity contribution in [1.82, 2.24) is 24.7 Å². The number of aromatic nitrogens is 5. The first-order valence-corrected chi connectivity index (χ1v) is 7.15. The molecule has 0 spiro atoms. The van der Waals surface area contributed by atoms with Gasteiger partial charge in [0.15, 0.2) is 11.0 Å². The first kappa shape index (κ1) is 15.7. The highest BCUT2D eigenvalue weighted by atomic mass is 35.5. The zero-order chi connectivity index (χ0) is 15.4. The third kappa shape index (κ3) is 4.13. The van der Waals surface area contributed by atoms with Crippen molar-refractivity contribution in [3.05, 3.63) is 37.8 Å². The summed E-state index contributed by atoms with van der Waals surface area (Å²) < 4.78 is 6.57. The van der Waals surface area contributed by atoms with Gasteiger partial charge in [-0.3, -0.25) is 19.4 Å². The number of hydrogen-bond acceptors (Lipinski definition) is 7. The summed E-state index contributed by atoms with van der Waals surface area (Å²) in [5, 5.41) is 3.40. The molecule has 0 aliphatic rings. The first-order chi connectivity index (χ1) is 9.99. The predicted molar refractivity (Wildman–Crippen MR) is 76.6 cm³/mol. The topological polar surface area (TPSA) is 103 Å². The monoisotopic (exact) mass is 329 g/mol. The van der Waals surface area contributed by atoms with Gasteiger partial charge in [-0.2, -0.15) is 4.98 Å². The Labute approximate surface area is 128 Å². The number of ether oxygens (including phenoxy) is 1. The summed E-state index contributed by atoms with van der Waals surface area (Å²) in [4.78, 5) is 34.4. The Hall–Kier alpha value is -1.71. The average Bonchev–Trinajstić information content (AvgIpc) is 2.42. The third-order valence-corrected chi connectivity index (χ3v) is 3.46. The van der Waals surface area contributed by atoms with Crippen LogP contribution in [0, 0.1) is 0 Å². The summed E-state index contributed by atoms with van der Waals surface area (Å²) in [6.45, 7) is 2.64. The fraction of sp³-hybridized carbons (Fsp3) is 0.364. The Morgan fingerprint density at radius 2 is 2.14 bits per heavy atom. The van der Waals surface area contributed by atoms with E-state index in [1.807, 2.05) is 6.92 Å². The van der Waals surface area contributed by atoms with E-state index in [2.05, 4.69) is 20.1 Å². The minimum atomic E-state index is -0.856. The fourth-order valence-corrected chi connectivity index (χ4v) is 2.48. The van der Waals surface area contributed by atoms with Crippen LogP contribution < -0.4 is 11.1 Å². The largest absolute Gasteiger partial charge is 0.374 e. The van der Waals surface area contributed by atoms with Crippen molar-refractivity contribution in [2.24, 2.45) is 7.05 Å². The molecule has 112 valence electrons. The smallest absolute Gasteiger partial charge is 0.339 e. The van der Waals surface area contributed by atoms with E-state index < -0.39 is 11.1 Å². The number of aromatic amines is 1. The zero-order valence-electron chi connectivity index (χ0n) is 11.3. The van der Waals surface area contributed by atoms with Gasteiger partial charge in [-0.1, -0.05) is 11.6 Å². The molecule has 0 fully saturated rings. The highest BCUT2D eigenvalue weighted by molar-refractivity contribution is 7.99. The molecule has 2 aromatic heterocycles. The summed E-state index contributed by atoms with van der Waals surface area (Å²) in [6.07, 6.45) is 0. The molecule has 0 atom stereocenters. The molecule has 0 bridgehead atoms. The van der Waals surface area contributed by atoms with Crippen molar-refractivity contribution in [3.63, 3.8) is 0 Å². The number of halogens is 1. The van der Waals surface area contributed by atoms with Crippen LogP contribution in [0.25, 0.3) is 0 Å². The van der Waals surface area contributed by atoms with Crippen LogP contribution in [-0.2, 0) is 18.4 Å². The highest BCUT2D eigenvalue weighted by Gasteiger charge is 2.10. The summed E-state index contributed by atoms with van der Waals surface area (Å²) in [5.74, 6) is 0.432. The lowest BCUT2D eigenvalue weighted by Crippen LogP contribution is -2.33. The first-order valence-electron chi connectivity index (χ1n) is 5.96. The van der Waals surface area contributed by atoms with Crippen LogP contribution in [0.15, 0.2) is 25.8 Å². The molecule has 10 heteroatoms. The molecular formula is C11H12ClN5O3S. The van der Waals surface area contributed by atoms with Gasteiger partial charge in [-0.05, 0) is 18.7 Å². The lowest BCUT2D eigenvalue weighted by Gasteiger charge is -2.07. The Kier molecular flexibility index (Phi) is 5.10. The number of nitrogens with zero attached hydrogens (tertiary/aromatic N) is 4. The minimum absolute atomic E-state index is 0.239. The minimum Gasteiger partial charge on any atom is -0.374 e. The molecule has 0 amide bonds. The molecule has 0 radical (unpaired) electrons. The van der Waals surface area contributed by atoms with Gasteiger partial charge in [-0.15, -0.1) is 0 Å². The van der Waals surface area contributed by atoms with Crippen LogP contribution in [0.3, 0.4) is 0 Å². The highest BCUT2D eigenvalue weighted by Crippen LogP contribution is 2.24. The molecule has 0 aromatic carbocycles. The molecule has 0 aliphatic heterocycles. The summed E-state index contributed by atoms with van der Waals surface area (Å²) >= 11 is 7.01. The Balaban J connectivity index is 2.31.